The Bertz CT molecular complexity index is 624. The third-order valence-electron chi connectivity index (χ3n) is 9.81. The lowest BCUT2D eigenvalue weighted by molar-refractivity contribution is -0.941. The van der Waals surface area contributed by atoms with E-state index in [1.807, 2.05) is 7.05 Å². The standard InChI is InChI=1S/C42H84NO4.ClH/c1-5-8-10-12-14-16-18-20-22-24-26-28-30-32-34-36-41(44)46-39-43(4,38-7-3)40-47-42(45)37-35-33-31-29-27-25-23-21-19-17-15-13-11-9-6-2;/h5-40H2,1-4H3;1H/q+1;/p-1. The highest BCUT2D eigenvalue weighted by atomic mass is 35.5. The van der Waals surface area contributed by atoms with Crippen LogP contribution in [-0.4, -0.2) is 43.5 Å². The topological polar surface area (TPSA) is 52.6 Å². The van der Waals surface area contributed by atoms with Crippen molar-refractivity contribution in [3.63, 3.8) is 0 Å². The Balaban J connectivity index is 0. The Hall–Kier alpha value is -0.810. The molecule has 0 amide bonds. The number of quaternary nitrogens is 1. The number of hydrogen-bond donors (Lipinski definition) is 0. The minimum absolute atomic E-state index is 0. The first-order valence-corrected chi connectivity index (χ1v) is 21.1. The van der Waals surface area contributed by atoms with Crippen molar-refractivity contribution in [3.8, 4) is 0 Å². The van der Waals surface area contributed by atoms with Gasteiger partial charge in [-0.1, -0.05) is 201 Å². The molecule has 0 spiro atoms. The molecule has 0 fully saturated rings. The normalized spacial score (nSPS) is 11.4. The highest BCUT2D eigenvalue weighted by Gasteiger charge is 2.24. The summed E-state index contributed by atoms with van der Waals surface area (Å²) in [5, 5.41) is 0. The van der Waals surface area contributed by atoms with Crippen molar-refractivity contribution < 1.29 is 36.0 Å². The highest BCUT2D eigenvalue weighted by molar-refractivity contribution is 5.69. The van der Waals surface area contributed by atoms with E-state index < -0.39 is 0 Å². The number of rotatable bonds is 38. The maximum atomic E-state index is 12.4. The Morgan fingerprint density at radius 1 is 0.375 bits per heavy atom. The van der Waals surface area contributed by atoms with Crippen molar-refractivity contribution in [1.82, 2.24) is 0 Å². The summed E-state index contributed by atoms with van der Waals surface area (Å²) in [7, 11) is 2.02. The lowest BCUT2D eigenvalue weighted by Gasteiger charge is -2.32. The van der Waals surface area contributed by atoms with Crippen LogP contribution in [0.2, 0.25) is 0 Å². The summed E-state index contributed by atoms with van der Waals surface area (Å²) < 4.78 is 11.7. The molecule has 0 aromatic heterocycles. The summed E-state index contributed by atoms with van der Waals surface area (Å²) in [5.74, 6) is -0.242. The molecule has 48 heavy (non-hydrogen) atoms. The van der Waals surface area contributed by atoms with Crippen molar-refractivity contribution in [3.05, 3.63) is 0 Å². The first kappa shape index (κ1) is 49.3. The first-order chi connectivity index (χ1) is 23.0. The van der Waals surface area contributed by atoms with Gasteiger partial charge < -0.3 is 21.9 Å². The van der Waals surface area contributed by atoms with Crippen LogP contribution >= 0.6 is 0 Å². The molecular weight excluding hydrogens is 618 g/mol. The lowest BCUT2D eigenvalue weighted by Crippen LogP contribution is -3.00. The fourth-order valence-corrected chi connectivity index (χ4v) is 6.59. The molecule has 5 nitrogen and oxygen atoms in total. The van der Waals surface area contributed by atoms with E-state index in [0.29, 0.717) is 17.3 Å². The second kappa shape index (κ2) is 39.0. The van der Waals surface area contributed by atoms with Crippen LogP contribution in [-0.2, 0) is 19.1 Å². The number of unbranched alkanes of at least 4 members (excludes halogenated alkanes) is 28. The number of carbonyl (C=O) groups is 2. The van der Waals surface area contributed by atoms with E-state index in [4.69, 9.17) is 9.47 Å². The lowest BCUT2D eigenvalue weighted by atomic mass is 10.0. The molecule has 0 atom stereocenters. The molecule has 0 aliphatic rings. The molecule has 0 aromatic carbocycles. The van der Waals surface area contributed by atoms with E-state index in [1.54, 1.807) is 0 Å². The largest absolute Gasteiger partial charge is 1.00 e. The van der Waals surface area contributed by atoms with Gasteiger partial charge in [0, 0.05) is 12.8 Å². The molecule has 0 rings (SSSR count). The summed E-state index contributed by atoms with van der Waals surface area (Å²) in [4.78, 5) is 24.8. The van der Waals surface area contributed by atoms with E-state index in [0.717, 1.165) is 38.6 Å². The third-order valence-corrected chi connectivity index (χ3v) is 9.81. The summed E-state index contributed by atoms with van der Waals surface area (Å²) in [5.41, 5.74) is 0. The van der Waals surface area contributed by atoms with Crippen LogP contribution in [0.3, 0.4) is 0 Å². The predicted molar refractivity (Wildman–Crippen MR) is 202 cm³/mol. The van der Waals surface area contributed by atoms with E-state index in [-0.39, 0.29) is 37.8 Å². The zero-order valence-electron chi connectivity index (χ0n) is 32.9. The minimum Gasteiger partial charge on any atom is -1.00 e. The van der Waals surface area contributed by atoms with Crippen LogP contribution in [0.4, 0.5) is 0 Å². The van der Waals surface area contributed by atoms with Gasteiger partial charge >= 0.3 is 11.9 Å². The zero-order chi connectivity index (χ0) is 34.5. The average molecular weight is 703 g/mol. The maximum Gasteiger partial charge on any atom is 0.310 e. The molecule has 0 aromatic rings. The molecule has 0 unspecified atom stereocenters. The number of nitrogens with zero attached hydrogens (tertiary/aromatic N) is 1. The Labute approximate surface area is 306 Å². The molecule has 0 bridgehead atoms. The average Bonchev–Trinajstić information content (AvgIpc) is 3.06. The molecule has 288 valence electrons. The van der Waals surface area contributed by atoms with Gasteiger partial charge in [-0.2, -0.15) is 0 Å². The van der Waals surface area contributed by atoms with Gasteiger partial charge in [-0.15, -0.1) is 0 Å². The van der Waals surface area contributed by atoms with Crippen LogP contribution in [0.1, 0.15) is 233 Å². The van der Waals surface area contributed by atoms with Gasteiger partial charge in [0.25, 0.3) is 0 Å². The number of carbonyl (C=O) groups excluding carboxylic acids is 2. The van der Waals surface area contributed by atoms with Crippen molar-refractivity contribution in [2.75, 3.05) is 27.1 Å². The van der Waals surface area contributed by atoms with Gasteiger partial charge in [0.15, 0.2) is 0 Å². The van der Waals surface area contributed by atoms with Gasteiger partial charge in [-0.05, 0) is 19.3 Å². The third kappa shape index (κ3) is 36.5. The Kier molecular flexibility index (Phi) is 40.0. The molecule has 6 heteroatoms. The van der Waals surface area contributed by atoms with Gasteiger partial charge in [0.1, 0.15) is 0 Å². The smallest absolute Gasteiger partial charge is 0.310 e. The van der Waals surface area contributed by atoms with E-state index in [1.165, 1.54) is 167 Å². The second-order valence-electron chi connectivity index (χ2n) is 15.0. The highest BCUT2D eigenvalue weighted by Crippen LogP contribution is 2.16. The number of ether oxygens (including phenoxy) is 2. The van der Waals surface area contributed by atoms with Crippen molar-refractivity contribution in [2.45, 2.75) is 233 Å². The zero-order valence-corrected chi connectivity index (χ0v) is 33.7. The molecule has 0 saturated heterocycles. The van der Waals surface area contributed by atoms with Crippen LogP contribution in [0.25, 0.3) is 0 Å². The fraction of sp³-hybridized carbons (Fsp3) is 0.952. The summed E-state index contributed by atoms with van der Waals surface area (Å²) in [6, 6.07) is 0. The van der Waals surface area contributed by atoms with Gasteiger partial charge in [0.2, 0.25) is 13.5 Å². The molecule has 0 aliphatic heterocycles. The SMILES string of the molecule is CCCCCCCCCCCCCCCCCC(=O)OC[N+](C)(CCC)COC(=O)CCCCCCCCCCCCCCCCC.[Cl-]. The Morgan fingerprint density at radius 3 is 0.833 bits per heavy atom. The number of esters is 2. The van der Waals surface area contributed by atoms with Gasteiger partial charge in [-0.25, -0.2) is 0 Å². The fourth-order valence-electron chi connectivity index (χ4n) is 6.59. The summed E-state index contributed by atoms with van der Waals surface area (Å²) in [6.07, 6.45) is 41.5. The molecule has 0 N–H and O–H groups in total. The molecule has 0 heterocycles. The second-order valence-corrected chi connectivity index (χ2v) is 15.0. The number of halogens is 1. The van der Waals surface area contributed by atoms with Crippen LogP contribution < -0.4 is 12.4 Å². The molecular formula is C42H84ClNO4. The van der Waals surface area contributed by atoms with Crippen LogP contribution in [0, 0.1) is 0 Å². The molecule has 0 aliphatic carbocycles. The summed E-state index contributed by atoms with van der Waals surface area (Å²) >= 11 is 0. The predicted octanol–water partition coefficient (Wildman–Crippen LogP) is 10.4. The van der Waals surface area contributed by atoms with Gasteiger partial charge in [-0.3, -0.25) is 14.1 Å². The number of hydrogen-bond acceptors (Lipinski definition) is 4. The van der Waals surface area contributed by atoms with Crippen LogP contribution in [0.15, 0.2) is 0 Å². The molecule has 0 saturated carbocycles. The quantitative estimate of drug-likeness (QED) is 0.0278. The maximum absolute atomic E-state index is 12.4. The Morgan fingerprint density at radius 2 is 0.604 bits per heavy atom. The van der Waals surface area contributed by atoms with E-state index in [2.05, 4.69) is 20.8 Å². The van der Waals surface area contributed by atoms with Crippen LogP contribution in [0.5, 0.6) is 0 Å². The van der Waals surface area contributed by atoms with Gasteiger partial charge in [0.05, 0.1) is 13.6 Å². The monoisotopic (exact) mass is 702 g/mol. The van der Waals surface area contributed by atoms with E-state index in [9.17, 15) is 9.59 Å². The summed E-state index contributed by atoms with van der Waals surface area (Å²) in [6.45, 7) is 8.05. The molecule has 0 radical (unpaired) electrons. The van der Waals surface area contributed by atoms with E-state index >= 15 is 0 Å². The van der Waals surface area contributed by atoms with Crippen molar-refractivity contribution >= 4 is 11.9 Å². The van der Waals surface area contributed by atoms with Crippen molar-refractivity contribution in [2.24, 2.45) is 0 Å². The first-order valence-electron chi connectivity index (χ1n) is 21.1. The minimum atomic E-state index is -0.121. The van der Waals surface area contributed by atoms with Crippen molar-refractivity contribution in [1.29, 1.82) is 0 Å².